The molecule has 2 atom stereocenters. The smallest absolute Gasteiger partial charge is 0.239 e. The van der Waals surface area contributed by atoms with E-state index < -0.39 is 0 Å². The first kappa shape index (κ1) is 27.1. The zero-order valence-electron chi connectivity index (χ0n) is 20.6. The Labute approximate surface area is 205 Å². The van der Waals surface area contributed by atoms with Gasteiger partial charge in [-0.15, -0.1) is 10.2 Å². The number of nitrogens with zero attached hydrogens (tertiary/aromatic N) is 5. The van der Waals surface area contributed by atoms with Crippen LogP contribution in [0.3, 0.4) is 0 Å². The van der Waals surface area contributed by atoms with E-state index in [0.717, 1.165) is 11.4 Å². The number of aromatic nitrogens is 5. The molecule has 2 rings (SSSR count). The average molecular weight is 487 g/mol. The number of anilines is 1. The van der Waals surface area contributed by atoms with Crippen molar-refractivity contribution in [3.8, 4) is 0 Å². The van der Waals surface area contributed by atoms with Crippen LogP contribution in [0.2, 0.25) is 0 Å². The van der Waals surface area contributed by atoms with Gasteiger partial charge in [0.2, 0.25) is 5.95 Å². The molecule has 0 aliphatic carbocycles. The molecule has 184 valence electrons. The normalized spacial score (nSPS) is 14.6. The summed E-state index contributed by atoms with van der Waals surface area (Å²) >= 11 is 1.49. The molecule has 0 radical (unpaired) electrons. The zero-order chi connectivity index (χ0) is 25.1. The minimum Gasteiger partial charge on any atom is -0.506 e. The lowest BCUT2D eigenvalue weighted by atomic mass is 10.1. The number of methoxy groups -OCH3 is 2. The number of hydrogen-bond donors (Lipinski definition) is 2. The van der Waals surface area contributed by atoms with E-state index in [1.54, 1.807) is 30.9 Å². The predicted molar refractivity (Wildman–Crippen MR) is 137 cm³/mol. The highest BCUT2D eigenvalue weighted by atomic mass is 32.2. The third kappa shape index (κ3) is 6.94. The highest BCUT2D eigenvalue weighted by Crippen LogP contribution is 2.31. The van der Waals surface area contributed by atoms with Crippen LogP contribution in [0.25, 0.3) is 5.70 Å². The van der Waals surface area contributed by atoms with Crippen LogP contribution >= 0.6 is 11.9 Å². The lowest BCUT2D eigenvalue weighted by molar-refractivity contribution is 0.233. The van der Waals surface area contributed by atoms with Gasteiger partial charge in [-0.1, -0.05) is 32.6 Å². The first-order valence-electron chi connectivity index (χ1n) is 10.9. The van der Waals surface area contributed by atoms with E-state index in [1.165, 1.54) is 25.1 Å². The summed E-state index contributed by atoms with van der Waals surface area (Å²) in [4.78, 5) is 8.86. The van der Waals surface area contributed by atoms with Crippen LogP contribution in [0.1, 0.15) is 43.9 Å². The number of rotatable bonds is 13. The van der Waals surface area contributed by atoms with E-state index >= 15 is 0 Å². The molecule has 0 spiro atoms. The summed E-state index contributed by atoms with van der Waals surface area (Å²) in [5.74, 6) is 1.61. The fourth-order valence-electron chi connectivity index (χ4n) is 2.99. The quantitative estimate of drug-likeness (QED) is 0.178. The molecule has 9 nitrogen and oxygen atoms in total. The predicted octanol–water partition coefficient (Wildman–Crippen LogP) is 4.84. The van der Waals surface area contributed by atoms with Crippen molar-refractivity contribution in [1.82, 2.24) is 24.7 Å². The van der Waals surface area contributed by atoms with Crippen molar-refractivity contribution in [2.75, 3.05) is 25.5 Å². The minimum atomic E-state index is 0.0167. The Kier molecular flexibility index (Phi) is 10.8. The fourth-order valence-corrected chi connectivity index (χ4v) is 3.76. The number of allylic oxidation sites excluding steroid dienone is 4. The molecule has 34 heavy (non-hydrogen) atoms. The highest BCUT2D eigenvalue weighted by Gasteiger charge is 2.23. The van der Waals surface area contributed by atoms with Crippen LogP contribution in [-0.2, 0) is 15.9 Å². The average Bonchev–Trinajstić information content (AvgIpc) is 3.25. The number of ether oxygens (including phenoxy) is 2. The molecular formula is C24H34N6O3S. The van der Waals surface area contributed by atoms with Crippen molar-refractivity contribution in [3.05, 3.63) is 72.0 Å². The van der Waals surface area contributed by atoms with Gasteiger partial charge in [-0.2, -0.15) is 0 Å². The van der Waals surface area contributed by atoms with E-state index in [9.17, 15) is 5.11 Å². The van der Waals surface area contributed by atoms with Crippen LogP contribution in [-0.4, -0.2) is 55.9 Å². The summed E-state index contributed by atoms with van der Waals surface area (Å²) < 4.78 is 15.6. The Balaban J connectivity index is 2.39. The SMILES string of the molecule is C=C/C(OC)=C(\C(O)=C/C)n1c(C/C=C\COC)nnc1NSC(C)C(C)c1cnc(C)cn1. The molecule has 2 aromatic heterocycles. The van der Waals surface area contributed by atoms with E-state index in [2.05, 4.69) is 45.3 Å². The van der Waals surface area contributed by atoms with E-state index in [4.69, 9.17) is 9.47 Å². The maximum Gasteiger partial charge on any atom is 0.239 e. The molecule has 0 aliphatic rings. The molecule has 2 aromatic rings. The standard InChI is InChI=1S/C24H34N6O3S/c1-8-20(31)23(21(9-2)33-7)30-22(12-10-11-13-32-6)27-28-24(30)29-34-18(5)17(4)19-15-25-16(3)14-26-19/h8-11,14-15,17-18,31H,2,12-13H2,1,3-7H3,(H,28,29)/b11-10-,20-8+,23-21-. The van der Waals surface area contributed by atoms with Crippen molar-refractivity contribution in [3.63, 3.8) is 0 Å². The Morgan fingerprint density at radius 1 is 1.24 bits per heavy atom. The molecule has 0 aromatic carbocycles. The molecule has 2 heterocycles. The summed E-state index contributed by atoms with van der Waals surface area (Å²) in [7, 11) is 3.16. The summed E-state index contributed by atoms with van der Waals surface area (Å²) in [5.41, 5.74) is 2.19. The minimum absolute atomic E-state index is 0.0167. The number of aliphatic hydroxyl groups excluding tert-OH is 1. The maximum atomic E-state index is 10.7. The Morgan fingerprint density at radius 3 is 2.59 bits per heavy atom. The van der Waals surface area contributed by atoms with E-state index in [-0.39, 0.29) is 16.9 Å². The Bertz CT molecular complexity index is 1030. The summed E-state index contributed by atoms with van der Waals surface area (Å²) in [6.45, 7) is 12.2. The summed E-state index contributed by atoms with van der Waals surface area (Å²) in [5, 5.41) is 19.6. The third-order valence-corrected chi connectivity index (χ3v) is 6.23. The molecule has 0 bridgehead atoms. The van der Waals surface area contributed by atoms with Crippen LogP contribution < -0.4 is 4.72 Å². The Hall–Kier alpha value is -3.11. The molecule has 0 amide bonds. The second kappa shape index (κ2) is 13.6. The van der Waals surface area contributed by atoms with Gasteiger partial charge in [0, 0.05) is 37.1 Å². The molecule has 0 fully saturated rings. The fraction of sp³-hybridized carbons (Fsp3) is 0.417. The van der Waals surface area contributed by atoms with Gasteiger partial charge in [0.15, 0.2) is 0 Å². The van der Waals surface area contributed by atoms with Crippen LogP contribution in [0, 0.1) is 6.92 Å². The van der Waals surface area contributed by atoms with E-state index in [0.29, 0.717) is 36.3 Å². The van der Waals surface area contributed by atoms with E-state index in [1.807, 2.05) is 25.3 Å². The zero-order valence-corrected chi connectivity index (χ0v) is 21.5. The topological polar surface area (TPSA) is 107 Å². The number of aryl methyl sites for hydroxylation is 1. The van der Waals surface area contributed by atoms with Gasteiger partial charge in [-0.25, -0.2) is 0 Å². The van der Waals surface area contributed by atoms with Gasteiger partial charge in [0.1, 0.15) is 23.0 Å². The second-order valence-electron chi connectivity index (χ2n) is 7.50. The van der Waals surface area contributed by atoms with Crippen molar-refractivity contribution in [1.29, 1.82) is 0 Å². The number of aliphatic hydroxyl groups is 1. The summed E-state index contributed by atoms with van der Waals surface area (Å²) in [6.07, 6.45) is 11.0. The van der Waals surface area contributed by atoms with Crippen LogP contribution in [0.15, 0.2) is 54.8 Å². The number of nitrogens with one attached hydrogen (secondary N) is 1. The van der Waals surface area contributed by atoms with Gasteiger partial charge >= 0.3 is 0 Å². The largest absolute Gasteiger partial charge is 0.506 e. The lowest BCUT2D eigenvalue weighted by Crippen LogP contribution is -2.15. The molecule has 0 saturated carbocycles. The third-order valence-electron chi connectivity index (χ3n) is 5.15. The van der Waals surface area contributed by atoms with Crippen molar-refractivity contribution in [2.24, 2.45) is 0 Å². The van der Waals surface area contributed by atoms with Crippen LogP contribution in [0.5, 0.6) is 0 Å². The van der Waals surface area contributed by atoms with Crippen molar-refractivity contribution < 1.29 is 14.6 Å². The van der Waals surface area contributed by atoms with Gasteiger partial charge in [0.25, 0.3) is 0 Å². The number of hydrogen-bond acceptors (Lipinski definition) is 9. The van der Waals surface area contributed by atoms with Crippen LogP contribution in [0.4, 0.5) is 5.95 Å². The highest BCUT2D eigenvalue weighted by molar-refractivity contribution is 8.01. The monoisotopic (exact) mass is 486 g/mol. The summed E-state index contributed by atoms with van der Waals surface area (Å²) in [6, 6.07) is 0. The van der Waals surface area contributed by atoms with Gasteiger partial charge in [-0.05, 0) is 37.9 Å². The molecular weight excluding hydrogens is 452 g/mol. The molecule has 10 heteroatoms. The van der Waals surface area contributed by atoms with Gasteiger partial charge < -0.3 is 14.6 Å². The van der Waals surface area contributed by atoms with Crippen molar-refractivity contribution >= 4 is 23.6 Å². The molecule has 2 N–H and O–H groups in total. The maximum absolute atomic E-state index is 10.7. The second-order valence-corrected chi connectivity index (χ2v) is 8.68. The molecule has 0 aliphatic heterocycles. The molecule has 0 saturated heterocycles. The molecule has 2 unspecified atom stereocenters. The first-order chi connectivity index (χ1) is 16.4. The van der Waals surface area contributed by atoms with Crippen molar-refractivity contribution in [2.45, 2.75) is 45.3 Å². The lowest BCUT2D eigenvalue weighted by Gasteiger charge is -2.20. The first-order valence-corrected chi connectivity index (χ1v) is 11.8. The van der Waals surface area contributed by atoms with Gasteiger partial charge in [0.05, 0.1) is 25.1 Å². The Morgan fingerprint density at radius 2 is 2.00 bits per heavy atom. The van der Waals surface area contributed by atoms with Gasteiger partial charge in [-0.3, -0.25) is 19.3 Å².